The maximum absolute atomic E-state index is 13.3. The van der Waals surface area contributed by atoms with Gasteiger partial charge in [0.1, 0.15) is 16.5 Å². The first kappa shape index (κ1) is 25.5. The minimum atomic E-state index is -3.55. The van der Waals surface area contributed by atoms with Gasteiger partial charge in [0.25, 0.3) is 5.91 Å². The summed E-state index contributed by atoms with van der Waals surface area (Å²) in [7, 11) is -2.04. The fourth-order valence-corrected chi connectivity index (χ4v) is 6.65. The van der Waals surface area contributed by atoms with Gasteiger partial charge in [-0.1, -0.05) is 28.6 Å². The molecule has 1 aromatic carbocycles. The van der Waals surface area contributed by atoms with Gasteiger partial charge < -0.3 is 19.4 Å². The van der Waals surface area contributed by atoms with Gasteiger partial charge in [0.2, 0.25) is 5.88 Å². The largest absolute Gasteiger partial charge is 0.481 e. The van der Waals surface area contributed by atoms with Gasteiger partial charge in [-0.15, -0.1) is 0 Å². The summed E-state index contributed by atoms with van der Waals surface area (Å²) < 4.78 is 36.2. The highest BCUT2D eigenvalue weighted by molar-refractivity contribution is 7.92. The van der Waals surface area contributed by atoms with Gasteiger partial charge in [-0.25, -0.2) is 18.4 Å². The van der Waals surface area contributed by atoms with E-state index in [4.69, 9.17) is 14.3 Å². The molecule has 11 nitrogen and oxygen atoms in total. The lowest BCUT2D eigenvalue weighted by atomic mass is 10.1. The molecule has 1 amide bonds. The summed E-state index contributed by atoms with van der Waals surface area (Å²) in [5, 5.41) is 16.4. The third-order valence-electron chi connectivity index (χ3n) is 6.31. The minimum absolute atomic E-state index is 0.0423. The summed E-state index contributed by atoms with van der Waals surface area (Å²) in [5.41, 5.74) is 0.930. The Bertz CT molecular complexity index is 1420. The van der Waals surface area contributed by atoms with Crippen molar-refractivity contribution in [2.24, 2.45) is 5.16 Å². The normalized spacial score (nSPS) is 22.3. The molecule has 196 valence electrons. The van der Waals surface area contributed by atoms with Crippen molar-refractivity contribution < 1.29 is 32.6 Å². The molecule has 3 heterocycles. The van der Waals surface area contributed by atoms with Crippen molar-refractivity contribution in [3.63, 3.8) is 0 Å². The van der Waals surface area contributed by atoms with Crippen LogP contribution in [0.3, 0.4) is 0 Å². The lowest BCUT2D eigenvalue weighted by molar-refractivity contribution is -0.110. The van der Waals surface area contributed by atoms with Gasteiger partial charge in [0.15, 0.2) is 20.7 Å². The number of nitrogens with zero attached hydrogens (tertiary/aromatic N) is 3. The number of methoxy groups -OCH3 is 1. The molecule has 37 heavy (non-hydrogen) atoms. The monoisotopic (exact) mass is 546 g/mol. The van der Waals surface area contributed by atoms with Crippen LogP contribution in [0, 0.1) is 0 Å². The Kier molecular flexibility index (Phi) is 7.38. The Hall–Kier alpha value is -3.13. The van der Waals surface area contributed by atoms with E-state index < -0.39 is 27.1 Å². The molecular weight excluding hydrogens is 520 g/mol. The highest BCUT2D eigenvalue weighted by Gasteiger charge is 2.31. The van der Waals surface area contributed by atoms with Crippen molar-refractivity contribution in [2.45, 2.75) is 48.0 Å². The molecule has 13 heteroatoms. The van der Waals surface area contributed by atoms with Gasteiger partial charge in [-0.3, -0.25) is 10.1 Å². The van der Waals surface area contributed by atoms with Crippen LogP contribution >= 0.6 is 11.3 Å². The number of ether oxygens (including phenoxy) is 2. The number of amides is 1. The van der Waals surface area contributed by atoms with Crippen LogP contribution in [0.15, 0.2) is 46.4 Å². The molecule has 0 radical (unpaired) electrons. The SMILES string of the molecule is COc1ccc2nc(NC(=O)C(=NO[C@@H]3CC[C@@H](O)C3)c3ccc(S(=O)(=O)[C@H]4CCOC4)cc3)sc2n1. The number of aliphatic hydroxyl groups is 1. The first-order chi connectivity index (χ1) is 17.8. The van der Waals surface area contributed by atoms with Crippen LogP contribution in [0.4, 0.5) is 5.13 Å². The molecule has 2 fully saturated rings. The molecule has 0 spiro atoms. The number of pyridine rings is 1. The molecule has 1 aliphatic carbocycles. The second-order valence-corrected chi connectivity index (χ2v) is 12.0. The predicted molar refractivity (Wildman–Crippen MR) is 137 cm³/mol. The highest BCUT2D eigenvalue weighted by Crippen LogP contribution is 2.27. The number of thiazole rings is 1. The predicted octanol–water partition coefficient (Wildman–Crippen LogP) is 2.54. The van der Waals surface area contributed by atoms with Crippen molar-refractivity contribution >= 4 is 48.3 Å². The Morgan fingerprint density at radius 1 is 1.16 bits per heavy atom. The lowest BCUT2D eigenvalue weighted by Gasteiger charge is -2.12. The molecular formula is C24H26N4O7S2. The fourth-order valence-electron chi connectivity index (χ4n) is 4.24. The number of aliphatic hydroxyl groups excluding tert-OH is 1. The van der Waals surface area contributed by atoms with Crippen molar-refractivity contribution in [2.75, 3.05) is 25.6 Å². The lowest BCUT2D eigenvalue weighted by Crippen LogP contribution is -2.25. The highest BCUT2D eigenvalue weighted by atomic mass is 32.2. The Morgan fingerprint density at radius 2 is 1.97 bits per heavy atom. The summed E-state index contributed by atoms with van der Waals surface area (Å²) in [6.45, 7) is 0.587. The Morgan fingerprint density at radius 3 is 2.65 bits per heavy atom. The Labute approximate surface area is 217 Å². The van der Waals surface area contributed by atoms with E-state index in [1.165, 1.54) is 42.7 Å². The maximum Gasteiger partial charge on any atom is 0.280 e. The standard InChI is InChI=1S/C24H26N4O7S2/c1-33-20-9-8-19-23(26-20)36-24(25-19)27-22(30)21(28-35-16-5-4-15(29)12-16)14-2-6-17(7-3-14)37(31,32)18-10-11-34-13-18/h2-3,6-9,15-16,18,29H,4-5,10-13H2,1H3,(H,25,27,30)/t15-,16-,18+/m1/s1. The van der Waals surface area contributed by atoms with E-state index in [9.17, 15) is 18.3 Å². The number of aromatic nitrogens is 2. The first-order valence-corrected chi connectivity index (χ1v) is 14.2. The smallest absolute Gasteiger partial charge is 0.280 e. The molecule has 0 bridgehead atoms. The summed E-state index contributed by atoms with van der Waals surface area (Å²) >= 11 is 1.18. The number of hydrogen-bond donors (Lipinski definition) is 2. The fraction of sp³-hybridized carbons (Fsp3) is 0.417. The molecule has 2 aliphatic rings. The van der Waals surface area contributed by atoms with Crippen LogP contribution in [0.1, 0.15) is 31.2 Å². The average molecular weight is 547 g/mol. The van der Waals surface area contributed by atoms with Crippen molar-refractivity contribution in [1.82, 2.24) is 9.97 Å². The van der Waals surface area contributed by atoms with Gasteiger partial charge in [0, 0.05) is 24.7 Å². The van der Waals surface area contributed by atoms with E-state index in [-0.39, 0.29) is 23.3 Å². The van der Waals surface area contributed by atoms with Crippen LogP contribution in [0.25, 0.3) is 10.3 Å². The number of hydrogen-bond acceptors (Lipinski definition) is 11. The molecule has 1 saturated heterocycles. The number of nitrogens with one attached hydrogen (secondary N) is 1. The number of anilines is 1. The zero-order chi connectivity index (χ0) is 26.0. The molecule has 5 rings (SSSR count). The molecule has 2 N–H and O–H groups in total. The Balaban J connectivity index is 1.40. The first-order valence-electron chi connectivity index (χ1n) is 11.8. The maximum atomic E-state index is 13.3. The van der Waals surface area contributed by atoms with E-state index in [0.29, 0.717) is 59.2 Å². The second kappa shape index (κ2) is 10.7. The molecule has 0 unspecified atom stereocenters. The third kappa shape index (κ3) is 5.59. The average Bonchev–Trinajstić information content (AvgIpc) is 3.65. The molecule has 1 saturated carbocycles. The second-order valence-electron chi connectivity index (χ2n) is 8.84. The van der Waals surface area contributed by atoms with Crippen LogP contribution < -0.4 is 10.1 Å². The minimum Gasteiger partial charge on any atom is -0.481 e. The summed E-state index contributed by atoms with van der Waals surface area (Å²) in [6.07, 6.45) is 1.30. The van der Waals surface area contributed by atoms with Crippen LogP contribution in [-0.2, 0) is 24.2 Å². The number of oxime groups is 1. The van der Waals surface area contributed by atoms with Gasteiger partial charge >= 0.3 is 0 Å². The van der Waals surface area contributed by atoms with E-state index in [2.05, 4.69) is 20.4 Å². The number of fused-ring (bicyclic) bond motifs is 1. The summed E-state index contributed by atoms with van der Waals surface area (Å²) in [5.74, 6) is -0.146. The molecule has 3 atom stereocenters. The van der Waals surface area contributed by atoms with Gasteiger partial charge in [-0.2, -0.15) is 0 Å². The van der Waals surface area contributed by atoms with Crippen LogP contribution in [0.5, 0.6) is 5.88 Å². The third-order valence-corrected chi connectivity index (χ3v) is 9.37. The van der Waals surface area contributed by atoms with Crippen molar-refractivity contribution in [3.05, 3.63) is 42.0 Å². The molecule has 3 aromatic rings. The zero-order valence-electron chi connectivity index (χ0n) is 20.0. The topological polar surface area (TPSA) is 149 Å². The number of rotatable bonds is 8. The van der Waals surface area contributed by atoms with Gasteiger partial charge in [0.05, 0.1) is 30.0 Å². The van der Waals surface area contributed by atoms with Crippen LogP contribution in [-0.4, -0.2) is 72.9 Å². The number of sulfone groups is 1. The van der Waals surface area contributed by atoms with Crippen molar-refractivity contribution in [1.29, 1.82) is 0 Å². The van der Waals surface area contributed by atoms with Gasteiger partial charge in [-0.05, 0) is 37.5 Å². The van der Waals surface area contributed by atoms with Crippen LogP contribution in [0.2, 0.25) is 0 Å². The van der Waals surface area contributed by atoms with E-state index in [1.54, 1.807) is 12.1 Å². The number of carbonyl (C=O) groups is 1. The summed E-state index contributed by atoms with van der Waals surface area (Å²) in [6, 6.07) is 9.39. The zero-order valence-corrected chi connectivity index (χ0v) is 21.6. The van der Waals surface area contributed by atoms with E-state index >= 15 is 0 Å². The van der Waals surface area contributed by atoms with Crippen molar-refractivity contribution in [3.8, 4) is 5.88 Å². The van der Waals surface area contributed by atoms with E-state index in [1.807, 2.05) is 0 Å². The molecule has 2 aromatic heterocycles. The number of benzene rings is 1. The summed E-state index contributed by atoms with van der Waals surface area (Å²) in [4.78, 5) is 28.3. The molecule has 1 aliphatic heterocycles. The van der Waals surface area contributed by atoms with E-state index in [0.717, 1.165) is 0 Å². The number of carbonyl (C=O) groups excluding carboxylic acids is 1. The quantitative estimate of drug-likeness (QED) is 0.321.